The first-order valence-electron chi connectivity index (χ1n) is 6.95. The van der Waals surface area contributed by atoms with Crippen molar-refractivity contribution < 1.29 is 40.8 Å². The first-order chi connectivity index (χ1) is 12.0. The number of carbonyl (C=O) groups is 2. The Bertz CT molecular complexity index is 774. The van der Waals surface area contributed by atoms with E-state index in [1.165, 1.54) is 0 Å². The number of carbonyl (C=O) groups excluding carboxylic acids is 2. The summed E-state index contributed by atoms with van der Waals surface area (Å²) in [6, 6.07) is 3.08. The zero-order valence-corrected chi connectivity index (χ0v) is 14.1. The second-order valence-corrected chi connectivity index (χ2v) is 6.36. The predicted octanol–water partition coefficient (Wildman–Crippen LogP) is -0.379. The van der Waals surface area contributed by atoms with Crippen molar-refractivity contribution in [3.05, 3.63) is 28.8 Å². The van der Waals surface area contributed by atoms with Crippen LogP contribution < -0.4 is 4.74 Å². The molecule has 1 N–H and O–H groups in total. The summed E-state index contributed by atoms with van der Waals surface area (Å²) in [4.78, 5) is 22.7. The molecule has 0 aliphatic heterocycles. The lowest BCUT2D eigenvalue weighted by molar-refractivity contribution is -0.166. The van der Waals surface area contributed by atoms with Crippen LogP contribution >= 0.6 is 0 Å². The van der Waals surface area contributed by atoms with Gasteiger partial charge in [0.05, 0.1) is 23.5 Å². The number of hydrogen-bond acceptors (Lipinski definition) is 6. The van der Waals surface area contributed by atoms with E-state index in [9.17, 15) is 26.8 Å². The normalized spacial score (nSPS) is 11.8. The Morgan fingerprint density at radius 2 is 1.58 bits per heavy atom. The van der Waals surface area contributed by atoms with E-state index in [0.717, 1.165) is 0 Å². The van der Waals surface area contributed by atoms with Gasteiger partial charge in [0.15, 0.2) is 6.61 Å². The number of hydrogen-bond donors (Lipinski definition) is 1. The first-order valence-corrected chi connectivity index (χ1v) is 8.39. The van der Waals surface area contributed by atoms with Gasteiger partial charge in [-0.05, 0) is 11.1 Å². The molecule has 0 unspecified atom stereocenters. The summed E-state index contributed by atoms with van der Waals surface area (Å²) in [7, 11) is 10.6. The Morgan fingerprint density at radius 1 is 1.08 bits per heavy atom. The molecule has 0 bridgehead atoms. The molecule has 0 heterocycles. The fraction of sp³-hybridized carbons (Fsp3) is 0.385. The van der Waals surface area contributed by atoms with Gasteiger partial charge in [-0.1, -0.05) is 36.7 Å². The third-order valence-electron chi connectivity index (χ3n) is 3.08. The zero-order chi connectivity index (χ0) is 20.1. The van der Waals surface area contributed by atoms with Crippen LogP contribution in [0.3, 0.4) is 0 Å². The monoisotopic (exact) mass is 382 g/mol. The molecule has 13 heteroatoms. The summed E-state index contributed by atoms with van der Waals surface area (Å²) in [6.45, 7) is -1.34. The second-order valence-electron chi connectivity index (χ2n) is 4.90. The van der Waals surface area contributed by atoms with Crippen molar-refractivity contribution in [3.63, 3.8) is 0 Å². The van der Waals surface area contributed by atoms with Gasteiger partial charge < -0.3 is 9.47 Å². The van der Waals surface area contributed by atoms with Crippen molar-refractivity contribution in [2.24, 2.45) is 0 Å². The van der Waals surface area contributed by atoms with Crippen LogP contribution in [0.4, 0.5) is 8.78 Å². The molecule has 0 saturated heterocycles. The van der Waals surface area contributed by atoms with Crippen molar-refractivity contribution in [1.82, 2.24) is 0 Å². The second kappa shape index (κ2) is 8.67. The Kier molecular flexibility index (Phi) is 7.40. The summed E-state index contributed by atoms with van der Waals surface area (Å²) < 4.78 is 63.9. The fourth-order valence-electron chi connectivity index (χ4n) is 1.84. The van der Waals surface area contributed by atoms with Crippen molar-refractivity contribution in [3.8, 4) is 5.75 Å². The molecular formula is C13H11B3F2O7S. The minimum Gasteiger partial charge on any atom is -0.448 e. The van der Waals surface area contributed by atoms with E-state index in [0.29, 0.717) is 16.7 Å². The smallest absolute Gasteiger partial charge is 0.448 e. The Hall–Kier alpha value is -1.88. The molecule has 0 atom stereocenters. The van der Waals surface area contributed by atoms with E-state index in [-0.39, 0.29) is 24.7 Å². The summed E-state index contributed by atoms with van der Waals surface area (Å²) in [5.74, 6) is -3.97. The molecule has 0 fully saturated rings. The summed E-state index contributed by atoms with van der Waals surface area (Å²) in [6.07, 6.45) is 0.0324. The van der Waals surface area contributed by atoms with Gasteiger partial charge in [-0.25, -0.2) is 9.59 Å². The molecule has 7 nitrogen and oxygen atoms in total. The summed E-state index contributed by atoms with van der Waals surface area (Å²) in [5, 5.41) is -5.22. The van der Waals surface area contributed by atoms with Gasteiger partial charge in [0.1, 0.15) is 5.75 Å². The maximum absolute atomic E-state index is 13.0. The van der Waals surface area contributed by atoms with Crippen LogP contribution in [0.2, 0.25) is 0 Å². The van der Waals surface area contributed by atoms with E-state index < -0.39 is 33.9 Å². The molecular weight excluding hydrogens is 371 g/mol. The third kappa shape index (κ3) is 5.07. The number of halogens is 2. The maximum Gasteiger partial charge on any atom is 0.465 e. The van der Waals surface area contributed by atoms with Crippen LogP contribution in [0.5, 0.6) is 5.75 Å². The average molecular weight is 382 g/mol. The van der Waals surface area contributed by atoms with E-state index in [1.807, 2.05) is 0 Å². The molecule has 0 spiro atoms. The highest BCUT2D eigenvalue weighted by molar-refractivity contribution is 7.87. The molecule has 0 aromatic heterocycles. The van der Waals surface area contributed by atoms with Gasteiger partial charge >= 0.3 is 27.3 Å². The maximum atomic E-state index is 13.0. The zero-order valence-electron chi connectivity index (χ0n) is 13.3. The molecule has 26 heavy (non-hydrogen) atoms. The lowest BCUT2D eigenvalue weighted by Gasteiger charge is -2.16. The topological polar surface area (TPSA) is 107 Å². The van der Waals surface area contributed by atoms with E-state index in [2.05, 4.69) is 4.74 Å². The highest BCUT2D eigenvalue weighted by atomic mass is 32.2. The number of rotatable bonds is 8. The van der Waals surface area contributed by atoms with Gasteiger partial charge in [-0.2, -0.15) is 17.2 Å². The van der Waals surface area contributed by atoms with Crippen LogP contribution in [0.15, 0.2) is 12.1 Å². The Balaban J connectivity index is 2.91. The highest BCUT2D eigenvalue weighted by Crippen LogP contribution is 2.27. The predicted molar refractivity (Wildman–Crippen MR) is 87.9 cm³/mol. The summed E-state index contributed by atoms with van der Waals surface area (Å²) >= 11 is 0. The van der Waals surface area contributed by atoms with Crippen LogP contribution in [0, 0.1) is 0 Å². The summed E-state index contributed by atoms with van der Waals surface area (Å²) in [5.41, 5.74) is 1.35. The van der Waals surface area contributed by atoms with E-state index in [1.54, 1.807) is 12.1 Å². The van der Waals surface area contributed by atoms with E-state index in [4.69, 9.17) is 32.8 Å². The van der Waals surface area contributed by atoms with Gasteiger partial charge in [0.2, 0.25) is 0 Å². The fourth-order valence-corrected chi connectivity index (χ4v) is 2.11. The molecule has 1 rings (SSSR count). The largest absolute Gasteiger partial charge is 0.465 e. The number of alkyl halides is 2. The first kappa shape index (κ1) is 22.2. The minimum absolute atomic E-state index is 0.0465. The lowest BCUT2D eigenvalue weighted by Crippen LogP contribution is -2.40. The highest BCUT2D eigenvalue weighted by Gasteiger charge is 2.54. The minimum atomic E-state index is -6.04. The van der Waals surface area contributed by atoms with Crippen LogP contribution in [-0.2, 0) is 43.4 Å². The number of benzene rings is 1. The van der Waals surface area contributed by atoms with Crippen LogP contribution in [0.1, 0.15) is 16.7 Å². The van der Waals surface area contributed by atoms with Crippen molar-refractivity contribution in [2.45, 2.75) is 24.2 Å². The van der Waals surface area contributed by atoms with Gasteiger partial charge in [-0.15, -0.1) is 0 Å². The third-order valence-corrected chi connectivity index (χ3v) is 3.89. The Labute approximate surface area is 152 Å². The molecule has 6 radical (unpaired) electrons. The van der Waals surface area contributed by atoms with Gasteiger partial charge in [-0.3, -0.25) is 4.55 Å². The SMILES string of the molecule is [B]Cc1cc(C[B])c(OC(=O)COC(=O)C(F)(F)S(=O)(=O)O)c(C[B])c1. The van der Waals surface area contributed by atoms with Crippen molar-refractivity contribution in [2.75, 3.05) is 6.61 Å². The standard InChI is InChI=1S/C13H11B3F2O7S/c14-3-7-1-8(4-15)11(9(2-7)5-16)25-10(19)6-24-12(20)13(17,18)26(21,22)23/h1-2H,3-6H2,(H,21,22,23). The average Bonchev–Trinajstić information content (AvgIpc) is 2.58. The molecule has 0 saturated carbocycles. The number of esters is 2. The molecule has 1 aromatic rings. The van der Waals surface area contributed by atoms with Crippen molar-refractivity contribution in [1.29, 1.82) is 0 Å². The van der Waals surface area contributed by atoms with Gasteiger partial charge in [0, 0.05) is 0 Å². The van der Waals surface area contributed by atoms with Crippen LogP contribution in [0.25, 0.3) is 0 Å². The lowest BCUT2D eigenvalue weighted by atomic mass is 9.85. The van der Waals surface area contributed by atoms with Crippen LogP contribution in [-0.4, -0.2) is 60.3 Å². The molecule has 0 aliphatic rings. The molecule has 1 aromatic carbocycles. The van der Waals surface area contributed by atoms with Gasteiger partial charge in [0.25, 0.3) is 0 Å². The van der Waals surface area contributed by atoms with E-state index >= 15 is 0 Å². The number of ether oxygens (including phenoxy) is 2. The quantitative estimate of drug-likeness (QED) is 0.283. The van der Waals surface area contributed by atoms with Crippen molar-refractivity contribution >= 4 is 45.6 Å². The molecule has 134 valence electrons. The molecule has 0 amide bonds. The Morgan fingerprint density at radius 3 is 1.96 bits per heavy atom. The molecule has 0 aliphatic carbocycles.